The molecule has 1 aliphatic carbocycles. The Morgan fingerprint density at radius 3 is 2.81 bits per heavy atom. The van der Waals surface area contributed by atoms with Gasteiger partial charge in [-0.15, -0.1) is 0 Å². The SMILES string of the molecule is OCC12CCN(Cc3ccccc3)CC1C2. The van der Waals surface area contributed by atoms with Crippen LogP contribution in [0.25, 0.3) is 0 Å². The summed E-state index contributed by atoms with van der Waals surface area (Å²) in [5, 5.41) is 9.35. The number of hydrogen-bond donors (Lipinski definition) is 1. The Balaban J connectivity index is 1.59. The topological polar surface area (TPSA) is 23.5 Å². The number of piperidine rings is 1. The first-order chi connectivity index (χ1) is 7.82. The van der Waals surface area contributed by atoms with E-state index in [1.807, 2.05) is 0 Å². The van der Waals surface area contributed by atoms with Crippen molar-refractivity contribution in [2.24, 2.45) is 11.3 Å². The van der Waals surface area contributed by atoms with Crippen molar-refractivity contribution in [2.45, 2.75) is 19.4 Å². The Bertz CT molecular complexity index is 364. The second-order valence-electron chi connectivity index (χ2n) is 5.39. The summed E-state index contributed by atoms with van der Waals surface area (Å²) in [5.74, 6) is 0.759. The van der Waals surface area contributed by atoms with E-state index in [0.29, 0.717) is 12.0 Å². The highest BCUT2D eigenvalue weighted by molar-refractivity contribution is 5.15. The molecule has 1 aliphatic heterocycles. The lowest BCUT2D eigenvalue weighted by Gasteiger charge is -2.30. The van der Waals surface area contributed by atoms with Crippen LogP contribution in [-0.4, -0.2) is 29.7 Å². The van der Waals surface area contributed by atoms with Gasteiger partial charge in [0.1, 0.15) is 0 Å². The highest BCUT2D eigenvalue weighted by Crippen LogP contribution is 2.57. The van der Waals surface area contributed by atoms with Gasteiger partial charge in [0, 0.05) is 19.7 Å². The molecule has 0 amide bonds. The van der Waals surface area contributed by atoms with Crippen LogP contribution in [0.4, 0.5) is 0 Å². The fraction of sp³-hybridized carbons (Fsp3) is 0.571. The van der Waals surface area contributed by atoms with E-state index in [1.54, 1.807) is 0 Å². The van der Waals surface area contributed by atoms with Gasteiger partial charge in [0.25, 0.3) is 0 Å². The predicted molar refractivity (Wildman–Crippen MR) is 64.0 cm³/mol. The number of rotatable bonds is 3. The van der Waals surface area contributed by atoms with E-state index in [1.165, 1.54) is 24.9 Å². The summed E-state index contributed by atoms with van der Waals surface area (Å²) in [7, 11) is 0. The molecular formula is C14H19NO. The smallest absolute Gasteiger partial charge is 0.0491 e. The van der Waals surface area contributed by atoms with Crippen LogP contribution < -0.4 is 0 Å². The van der Waals surface area contributed by atoms with Crippen molar-refractivity contribution >= 4 is 0 Å². The summed E-state index contributed by atoms with van der Waals surface area (Å²) in [4.78, 5) is 2.53. The highest BCUT2D eigenvalue weighted by atomic mass is 16.3. The van der Waals surface area contributed by atoms with E-state index >= 15 is 0 Å². The Morgan fingerprint density at radius 1 is 1.31 bits per heavy atom. The first-order valence-electron chi connectivity index (χ1n) is 6.19. The fourth-order valence-electron chi connectivity index (χ4n) is 3.04. The summed E-state index contributed by atoms with van der Waals surface area (Å²) < 4.78 is 0. The molecule has 2 nitrogen and oxygen atoms in total. The van der Waals surface area contributed by atoms with Gasteiger partial charge in [-0.05, 0) is 36.3 Å². The molecule has 2 heteroatoms. The molecule has 1 aromatic rings. The largest absolute Gasteiger partial charge is 0.396 e. The average molecular weight is 217 g/mol. The Kier molecular flexibility index (Phi) is 2.49. The molecule has 1 N–H and O–H groups in total. The zero-order valence-electron chi connectivity index (χ0n) is 9.60. The van der Waals surface area contributed by atoms with Crippen molar-refractivity contribution in [3.05, 3.63) is 35.9 Å². The van der Waals surface area contributed by atoms with Crippen LogP contribution in [0, 0.1) is 11.3 Å². The molecule has 2 aliphatic rings. The maximum absolute atomic E-state index is 9.35. The maximum atomic E-state index is 9.35. The van der Waals surface area contributed by atoms with Crippen LogP contribution in [0.15, 0.2) is 30.3 Å². The second kappa shape index (κ2) is 3.86. The minimum absolute atomic E-state index is 0.327. The van der Waals surface area contributed by atoms with Crippen LogP contribution in [0.5, 0.6) is 0 Å². The van der Waals surface area contributed by atoms with Gasteiger partial charge in [-0.1, -0.05) is 30.3 Å². The van der Waals surface area contributed by atoms with Gasteiger partial charge >= 0.3 is 0 Å². The van der Waals surface area contributed by atoms with E-state index in [2.05, 4.69) is 35.2 Å². The van der Waals surface area contributed by atoms with Crippen molar-refractivity contribution < 1.29 is 5.11 Å². The fourth-order valence-corrected chi connectivity index (χ4v) is 3.04. The van der Waals surface area contributed by atoms with E-state index in [9.17, 15) is 5.11 Å². The van der Waals surface area contributed by atoms with Crippen LogP contribution >= 0.6 is 0 Å². The van der Waals surface area contributed by atoms with Gasteiger partial charge in [-0.3, -0.25) is 4.90 Å². The molecule has 2 unspecified atom stereocenters. The molecule has 16 heavy (non-hydrogen) atoms. The zero-order chi connectivity index (χ0) is 11.0. The molecule has 1 saturated heterocycles. The van der Waals surface area contributed by atoms with Gasteiger partial charge in [0.2, 0.25) is 0 Å². The molecule has 0 bridgehead atoms. The first kappa shape index (κ1) is 10.3. The molecule has 86 valence electrons. The van der Waals surface area contributed by atoms with Crippen LogP contribution in [-0.2, 0) is 6.54 Å². The summed E-state index contributed by atoms with van der Waals surface area (Å²) in [5.41, 5.74) is 1.73. The molecule has 2 fully saturated rings. The van der Waals surface area contributed by atoms with Crippen LogP contribution in [0.3, 0.4) is 0 Å². The highest BCUT2D eigenvalue weighted by Gasteiger charge is 2.55. The van der Waals surface area contributed by atoms with Gasteiger partial charge in [-0.25, -0.2) is 0 Å². The number of likely N-dealkylation sites (tertiary alicyclic amines) is 1. The second-order valence-corrected chi connectivity index (χ2v) is 5.39. The average Bonchev–Trinajstić information content (AvgIpc) is 3.05. The quantitative estimate of drug-likeness (QED) is 0.835. The minimum atomic E-state index is 0.327. The van der Waals surface area contributed by atoms with E-state index in [4.69, 9.17) is 0 Å². The Labute approximate surface area is 96.9 Å². The molecule has 0 spiro atoms. The number of hydrogen-bond acceptors (Lipinski definition) is 2. The number of aliphatic hydroxyl groups excluding tert-OH is 1. The lowest BCUT2D eigenvalue weighted by molar-refractivity contribution is 0.116. The standard InChI is InChI=1S/C14H19NO/c16-11-14-6-7-15(10-13(14)8-14)9-12-4-2-1-3-5-12/h1-5,13,16H,6-11H2. The Hall–Kier alpha value is -0.860. The van der Waals surface area contributed by atoms with Gasteiger partial charge < -0.3 is 5.11 Å². The third-order valence-corrected chi connectivity index (χ3v) is 4.33. The van der Waals surface area contributed by atoms with Crippen molar-refractivity contribution in [3.8, 4) is 0 Å². The summed E-state index contributed by atoms with van der Waals surface area (Å²) in [6, 6.07) is 10.7. The normalized spacial score (nSPS) is 33.4. The van der Waals surface area contributed by atoms with Gasteiger partial charge in [0.05, 0.1) is 0 Å². The van der Waals surface area contributed by atoms with Gasteiger partial charge in [0.15, 0.2) is 0 Å². The molecule has 1 aromatic carbocycles. The third-order valence-electron chi connectivity index (χ3n) is 4.33. The number of nitrogens with zero attached hydrogens (tertiary/aromatic N) is 1. The van der Waals surface area contributed by atoms with Crippen molar-refractivity contribution in [3.63, 3.8) is 0 Å². The number of benzene rings is 1. The summed E-state index contributed by atoms with van der Waals surface area (Å²) in [6.07, 6.45) is 2.43. The molecule has 1 saturated carbocycles. The summed E-state index contributed by atoms with van der Waals surface area (Å²) in [6.45, 7) is 3.79. The van der Waals surface area contributed by atoms with E-state index in [0.717, 1.165) is 19.0 Å². The lowest BCUT2D eigenvalue weighted by Crippen LogP contribution is -2.35. The first-order valence-corrected chi connectivity index (χ1v) is 6.19. The lowest BCUT2D eigenvalue weighted by atomic mass is 9.96. The summed E-state index contributed by atoms with van der Waals surface area (Å²) >= 11 is 0. The molecule has 0 aromatic heterocycles. The zero-order valence-corrected chi connectivity index (χ0v) is 9.60. The third kappa shape index (κ3) is 1.76. The molecule has 2 atom stereocenters. The van der Waals surface area contributed by atoms with Crippen LogP contribution in [0.1, 0.15) is 18.4 Å². The van der Waals surface area contributed by atoms with Crippen molar-refractivity contribution in [1.82, 2.24) is 4.90 Å². The predicted octanol–water partition coefficient (Wildman–Crippen LogP) is 1.89. The minimum Gasteiger partial charge on any atom is -0.396 e. The molecular weight excluding hydrogens is 198 g/mol. The molecule has 0 radical (unpaired) electrons. The molecule has 1 heterocycles. The van der Waals surface area contributed by atoms with Crippen LogP contribution in [0.2, 0.25) is 0 Å². The van der Waals surface area contributed by atoms with Crippen molar-refractivity contribution in [1.29, 1.82) is 0 Å². The number of fused-ring (bicyclic) bond motifs is 1. The maximum Gasteiger partial charge on any atom is 0.0491 e. The van der Waals surface area contributed by atoms with E-state index in [-0.39, 0.29) is 0 Å². The van der Waals surface area contributed by atoms with E-state index < -0.39 is 0 Å². The number of aliphatic hydroxyl groups is 1. The van der Waals surface area contributed by atoms with Crippen molar-refractivity contribution in [2.75, 3.05) is 19.7 Å². The Morgan fingerprint density at radius 2 is 2.12 bits per heavy atom. The molecule has 3 rings (SSSR count). The van der Waals surface area contributed by atoms with Gasteiger partial charge in [-0.2, -0.15) is 0 Å². The monoisotopic (exact) mass is 217 g/mol.